The third-order valence-corrected chi connectivity index (χ3v) is 5.38. The molecule has 20 heavy (non-hydrogen) atoms. The minimum absolute atomic E-state index is 0.558. The van der Waals surface area contributed by atoms with Gasteiger partial charge in [0, 0.05) is 18.0 Å². The maximum absolute atomic E-state index is 6.04. The zero-order chi connectivity index (χ0) is 14.3. The van der Waals surface area contributed by atoms with Crippen LogP contribution >= 0.6 is 51.3 Å². The largest absolute Gasteiger partial charge is 0.346 e. The maximum Gasteiger partial charge on any atom is 0.144 e. The molecule has 1 saturated carbocycles. The van der Waals surface area contributed by atoms with Crippen LogP contribution in [0.15, 0.2) is 22.7 Å². The van der Waals surface area contributed by atoms with Crippen molar-refractivity contribution in [1.29, 1.82) is 0 Å². The minimum atomic E-state index is 0.558. The molecular weight excluding hydrogens is 379 g/mol. The summed E-state index contributed by atoms with van der Waals surface area (Å²) >= 11 is 20.8. The van der Waals surface area contributed by atoms with Crippen molar-refractivity contribution in [3.8, 4) is 0 Å². The molecule has 1 aliphatic carbocycles. The van der Waals surface area contributed by atoms with E-state index in [1.165, 1.54) is 18.5 Å². The van der Waals surface area contributed by atoms with E-state index in [4.69, 9.17) is 35.4 Å². The van der Waals surface area contributed by atoms with E-state index in [0.717, 1.165) is 15.9 Å². The average molecular weight is 390 g/mol. The van der Waals surface area contributed by atoms with E-state index in [0.29, 0.717) is 27.0 Å². The highest BCUT2D eigenvalue weighted by atomic mass is 79.9. The highest BCUT2D eigenvalue weighted by Gasteiger charge is 2.27. The van der Waals surface area contributed by atoms with Crippen molar-refractivity contribution >= 4 is 51.3 Å². The predicted octanol–water partition coefficient (Wildman–Crippen LogP) is 5.68. The molecule has 0 saturated heterocycles. The van der Waals surface area contributed by atoms with Crippen LogP contribution in [0.4, 0.5) is 0 Å². The lowest BCUT2D eigenvalue weighted by molar-refractivity contribution is 0.883. The van der Waals surface area contributed by atoms with Gasteiger partial charge in [0.2, 0.25) is 0 Å². The molecule has 0 amide bonds. The van der Waals surface area contributed by atoms with Crippen LogP contribution in [0.1, 0.15) is 35.8 Å². The van der Waals surface area contributed by atoms with Crippen LogP contribution in [-0.2, 0) is 6.42 Å². The van der Waals surface area contributed by atoms with E-state index >= 15 is 0 Å². The van der Waals surface area contributed by atoms with E-state index < -0.39 is 0 Å². The van der Waals surface area contributed by atoms with Crippen molar-refractivity contribution in [1.82, 2.24) is 9.97 Å². The molecule has 1 heterocycles. The van der Waals surface area contributed by atoms with Gasteiger partial charge in [-0.15, -0.1) is 0 Å². The van der Waals surface area contributed by atoms with Crippen LogP contribution in [0.3, 0.4) is 0 Å². The van der Waals surface area contributed by atoms with E-state index in [-0.39, 0.29) is 0 Å². The van der Waals surface area contributed by atoms with Crippen LogP contribution in [0, 0.1) is 4.64 Å². The zero-order valence-electron chi connectivity index (χ0n) is 10.4. The lowest BCUT2D eigenvalue weighted by atomic mass is 10.1. The first kappa shape index (κ1) is 14.5. The number of hydrogen-bond donors (Lipinski definition) is 1. The van der Waals surface area contributed by atoms with Gasteiger partial charge in [0.15, 0.2) is 0 Å². The first-order valence-corrected chi connectivity index (χ1v) is 8.23. The molecule has 0 atom stereocenters. The predicted molar refractivity (Wildman–Crippen MR) is 88.4 cm³/mol. The standard InChI is InChI=1S/C14H11BrCl2N2S/c15-12-13(8-2-3-8)18-11(19-14(12)20)6-7-1-4-9(16)10(17)5-7/h1,4-5,8H,2-3,6H2,(H,18,19,20). The summed E-state index contributed by atoms with van der Waals surface area (Å²) in [6, 6.07) is 5.61. The van der Waals surface area contributed by atoms with Gasteiger partial charge in [0.25, 0.3) is 0 Å². The van der Waals surface area contributed by atoms with Gasteiger partial charge in [-0.05, 0) is 46.5 Å². The van der Waals surface area contributed by atoms with Crippen LogP contribution in [0.5, 0.6) is 0 Å². The smallest absolute Gasteiger partial charge is 0.144 e. The number of nitrogens with zero attached hydrogens (tertiary/aromatic N) is 1. The Morgan fingerprint density at radius 3 is 2.70 bits per heavy atom. The number of halogens is 3. The van der Waals surface area contributed by atoms with Crippen LogP contribution in [0.2, 0.25) is 10.0 Å². The Kier molecular flexibility index (Phi) is 4.18. The Balaban J connectivity index is 1.94. The van der Waals surface area contributed by atoms with E-state index in [9.17, 15) is 0 Å². The summed E-state index contributed by atoms with van der Waals surface area (Å²) < 4.78 is 1.54. The highest BCUT2D eigenvalue weighted by molar-refractivity contribution is 9.10. The fourth-order valence-corrected chi connectivity index (χ4v) is 3.16. The van der Waals surface area contributed by atoms with E-state index in [2.05, 4.69) is 25.9 Å². The third-order valence-electron chi connectivity index (χ3n) is 3.28. The van der Waals surface area contributed by atoms with Gasteiger partial charge >= 0.3 is 0 Å². The fourth-order valence-electron chi connectivity index (χ4n) is 2.11. The summed E-state index contributed by atoms with van der Waals surface area (Å²) in [5.74, 6) is 1.44. The van der Waals surface area contributed by atoms with Crippen molar-refractivity contribution in [2.24, 2.45) is 0 Å². The first-order valence-electron chi connectivity index (χ1n) is 6.27. The Bertz CT molecular complexity index is 726. The van der Waals surface area contributed by atoms with Gasteiger partial charge in [0.05, 0.1) is 14.5 Å². The van der Waals surface area contributed by atoms with Crippen LogP contribution < -0.4 is 0 Å². The van der Waals surface area contributed by atoms with E-state index in [1.807, 2.05) is 12.1 Å². The SMILES string of the molecule is S=c1nc(Cc2ccc(Cl)c(Cl)c2)[nH]c(C2CC2)c1Br. The van der Waals surface area contributed by atoms with E-state index in [1.54, 1.807) is 6.07 Å². The molecule has 3 rings (SSSR count). The molecule has 1 aromatic carbocycles. The summed E-state index contributed by atoms with van der Waals surface area (Å²) in [5, 5.41) is 1.12. The molecule has 0 radical (unpaired) electrons. The van der Waals surface area contributed by atoms with Crippen molar-refractivity contribution in [3.05, 3.63) is 54.4 Å². The molecule has 0 aliphatic heterocycles. The van der Waals surface area contributed by atoms with Crippen molar-refractivity contribution in [2.75, 3.05) is 0 Å². The number of benzene rings is 1. The Morgan fingerprint density at radius 1 is 1.30 bits per heavy atom. The molecule has 6 heteroatoms. The lowest BCUT2D eigenvalue weighted by Crippen LogP contribution is -2.02. The third kappa shape index (κ3) is 3.08. The molecule has 2 nitrogen and oxygen atoms in total. The summed E-state index contributed by atoms with van der Waals surface area (Å²) in [6.07, 6.45) is 3.08. The maximum atomic E-state index is 6.04. The monoisotopic (exact) mass is 388 g/mol. The quantitative estimate of drug-likeness (QED) is 0.684. The molecule has 0 unspecified atom stereocenters. The molecule has 2 aromatic rings. The van der Waals surface area contributed by atoms with Crippen molar-refractivity contribution < 1.29 is 0 Å². The van der Waals surface area contributed by atoms with Gasteiger partial charge < -0.3 is 4.98 Å². The number of aromatic nitrogens is 2. The Labute approximate surface area is 140 Å². The topological polar surface area (TPSA) is 28.7 Å². The van der Waals surface area contributed by atoms with Crippen LogP contribution in [-0.4, -0.2) is 9.97 Å². The number of aromatic amines is 1. The number of nitrogens with one attached hydrogen (secondary N) is 1. The molecule has 0 bridgehead atoms. The van der Waals surface area contributed by atoms with Crippen LogP contribution in [0.25, 0.3) is 0 Å². The normalized spacial score (nSPS) is 14.6. The number of H-pyrrole nitrogens is 1. The molecule has 1 aliphatic rings. The second-order valence-electron chi connectivity index (χ2n) is 4.92. The number of hydrogen-bond acceptors (Lipinski definition) is 2. The molecule has 1 fully saturated rings. The fraction of sp³-hybridized carbons (Fsp3) is 0.286. The second kappa shape index (κ2) is 5.76. The van der Waals surface area contributed by atoms with Gasteiger partial charge in [-0.2, -0.15) is 0 Å². The second-order valence-corrected chi connectivity index (χ2v) is 6.91. The van der Waals surface area contributed by atoms with Gasteiger partial charge in [-0.1, -0.05) is 41.5 Å². The van der Waals surface area contributed by atoms with Crippen molar-refractivity contribution in [2.45, 2.75) is 25.2 Å². The highest BCUT2D eigenvalue weighted by Crippen LogP contribution is 2.42. The first-order chi connectivity index (χ1) is 9.54. The molecule has 1 N–H and O–H groups in total. The average Bonchev–Trinajstić information content (AvgIpc) is 3.22. The summed E-state index contributed by atoms with van der Waals surface area (Å²) in [4.78, 5) is 7.82. The number of rotatable bonds is 3. The van der Waals surface area contributed by atoms with Crippen molar-refractivity contribution in [3.63, 3.8) is 0 Å². The Morgan fingerprint density at radius 2 is 2.05 bits per heavy atom. The summed E-state index contributed by atoms with van der Waals surface area (Å²) in [6.45, 7) is 0. The van der Waals surface area contributed by atoms with Gasteiger partial charge in [-0.25, -0.2) is 4.98 Å². The molecular formula is C14H11BrCl2N2S. The molecule has 104 valence electrons. The van der Waals surface area contributed by atoms with Gasteiger partial charge in [0.1, 0.15) is 10.5 Å². The molecule has 1 aromatic heterocycles. The zero-order valence-corrected chi connectivity index (χ0v) is 14.3. The Hall–Kier alpha value is -0.420. The molecule has 0 spiro atoms. The lowest BCUT2D eigenvalue weighted by Gasteiger charge is -2.08. The minimum Gasteiger partial charge on any atom is -0.346 e. The van der Waals surface area contributed by atoms with Gasteiger partial charge in [-0.3, -0.25) is 0 Å². The summed E-state index contributed by atoms with van der Waals surface area (Å²) in [7, 11) is 0. The summed E-state index contributed by atoms with van der Waals surface area (Å²) in [5.41, 5.74) is 2.22.